The van der Waals surface area contributed by atoms with E-state index in [1.165, 1.54) is 72.6 Å². The van der Waals surface area contributed by atoms with Crippen LogP contribution in [0.5, 0.6) is 0 Å². The zero-order valence-corrected chi connectivity index (χ0v) is 26.4. The molecule has 4 aliphatic rings. The Morgan fingerprint density at radius 1 is 0.646 bits per heavy atom. The van der Waals surface area contributed by atoms with Gasteiger partial charge in [-0.3, -0.25) is 0 Å². The van der Waals surface area contributed by atoms with Gasteiger partial charge in [0.1, 0.15) is 6.17 Å². The van der Waals surface area contributed by atoms with Crippen LogP contribution in [0.15, 0.2) is 169 Å². The minimum Gasteiger partial charge on any atom is -0.361 e. The second-order valence-corrected chi connectivity index (χ2v) is 13.0. The first-order valence-electron chi connectivity index (χ1n) is 16.8. The average Bonchev–Trinajstić information content (AvgIpc) is 3.44. The lowest BCUT2D eigenvalue weighted by molar-refractivity contribution is 0.793. The van der Waals surface area contributed by atoms with Crippen LogP contribution >= 0.6 is 0 Å². The summed E-state index contributed by atoms with van der Waals surface area (Å²) in [4.78, 5) is 2.48. The molecule has 3 heteroatoms. The minimum atomic E-state index is -0.0610. The van der Waals surface area contributed by atoms with Crippen molar-refractivity contribution >= 4 is 39.6 Å². The Bertz CT molecular complexity index is 2430. The van der Waals surface area contributed by atoms with E-state index in [0.717, 1.165) is 12.1 Å². The van der Waals surface area contributed by atoms with Gasteiger partial charge < -0.3 is 14.8 Å². The first kappa shape index (κ1) is 27.1. The summed E-state index contributed by atoms with van der Waals surface area (Å²) in [5, 5.41) is 5.11. The van der Waals surface area contributed by atoms with Crippen molar-refractivity contribution in [1.82, 2.24) is 4.57 Å². The number of benzene rings is 5. The lowest BCUT2D eigenvalue weighted by Crippen LogP contribution is -2.37. The molecule has 228 valence electrons. The van der Waals surface area contributed by atoms with Gasteiger partial charge in [0, 0.05) is 39.4 Å². The van der Waals surface area contributed by atoms with Crippen LogP contribution in [-0.2, 0) is 0 Å². The van der Waals surface area contributed by atoms with Crippen LogP contribution < -0.4 is 10.2 Å². The molecular formula is C45H33N3. The van der Waals surface area contributed by atoms with E-state index in [1.54, 1.807) is 0 Å². The molecule has 0 spiro atoms. The molecule has 3 nitrogen and oxygen atoms in total. The van der Waals surface area contributed by atoms with Crippen molar-refractivity contribution in [2.24, 2.45) is 5.92 Å². The molecule has 5 aromatic carbocycles. The molecule has 0 saturated heterocycles. The van der Waals surface area contributed by atoms with Crippen LogP contribution in [0.25, 0.3) is 50.6 Å². The van der Waals surface area contributed by atoms with Crippen LogP contribution in [-0.4, -0.2) is 10.7 Å². The molecule has 0 bridgehead atoms. The van der Waals surface area contributed by atoms with Gasteiger partial charge in [-0.2, -0.15) is 0 Å². The SMILES string of the molecule is C1=CC2=CC=C(c3cccc(-n4c5c(c6ccccc64)-c4ccccc4N(C4C=Cc6ccccc6N4)c4ccccc4-5)c3)CC2C=C1. The fraction of sp³-hybridized carbons (Fsp3) is 0.0667. The topological polar surface area (TPSA) is 20.2 Å². The molecule has 0 saturated carbocycles. The quantitative estimate of drug-likeness (QED) is 0.214. The summed E-state index contributed by atoms with van der Waals surface area (Å²) in [6.07, 6.45) is 19.0. The Balaban J connectivity index is 1.21. The summed E-state index contributed by atoms with van der Waals surface area (Å²) in [5.41, 5.74) is 16.1. The second kappa shape index (κ2) is 10.8. The zero-order chi connectivity index (χ0) is 31.6. The van der Waals surface area contributed by atoms with Gasteiger partial charge in [-0.25, -0.2) is 0 Å². The van der Waals surface area contributed by atoms with Crippen molar-refractivity contribution in [2.75, 3.05) is 10.2 Å². The normalized spacial score (nSPS) is 18.5. The van der Waals surface area contributed by atoms with Crippen molar-refractivity contribution in [3.63, 3.8) is 0 Å². The predicted molar refractivity (Wildman–Crippen MR) is 202 cm³/mol. The largest absolute Gasteiger partial charge is 0.361 e. The van der Waals surface area contributed by atoms with Gasteiger partial charge in [0.25, 0.3) is 0 Å². The van der Waals surface area contributed by atoms with Crippen molar-refractivity contribution in [3.8, 4) is 28.1 Å². The molecule has 10 rings (SSSR count). The Morgan fingerprint density at radius 2 is 1.44 bits per heavy atom. The highest BCUT2D eigenvalue weighted by Crippen LogP contribution is 2.53. The second-order valence-electron chi connectivity index (χ2n) is 13.0. The number of allylic oxidation sites excluding steroid dienone is 8. The maximum absolute atomic E-state index is 3.85. The number of anilines is 3. The van der Waals surface area contributed by atoms with Crippen molar-refractivity contribution in [3.05, 3.63) is 181 Å². The average molecular weight is 616 g/mol. The van der Waals surface area contributed by atoms with Crippen LogP contribution in [0.3, 0.4) is 0 Å². The maximum Gasteiger partial charge on any atom is 0.123 e. The lowest BCUT2D eigenvalue weighted by Gasteiger charge is -2.36. The van der Waals surface area contributed by atoms with Gasteiger partial charge in [0.2, 0.25) is 0 Å². The van der Waals surface area contributed by atoms with Gasteiger partial charge in [-0.05, 0) is 71.2 Å². The predicted octanol–water partition coefficient (Wildman–Crippen LogP) is 11.3. The number of hydrogen-bond donors (Lipinski definition) is 1. The maximum atomic E-state index is 3.85. The van der Waals surface area contributed by atoms with Gasteiger partial charge in [-0.15, -0.1) is 0 Å². The van der Waals surface area contributed by atoms with Gasteiger partial charge in [0.15, 0.2) is 0 Å². The number of para-hydroxylation sites is 4. The molecule has 3 heterocycles. The number of rotatable bonds is 3. The number of hydrogen-bond acceptors (Lipinski definition) is 2. The number of nitrogens with zero attached hydrogens (tertiary/aromatic N) is 2. The van der Waals surface area contributed by atoms with Crippen LogP contribution in [0.1, 0.15) is 17.5 Å². The van der Waals surface area contributed by atoms with Crippen LogP contribution in [0.4, 0.5) is 17.1 Å². The van der Waals surface area contributed by atoms with E-state index in [0.29, 0.717) is 5.92 Å². The highest BCUT2D eigenvalue weighted by Gasteiger charge is 2.33. The Labute approximate surface area is 280 Å². The Hall–Kier alpha value is -6.06. The fourth-order valence-corrected chi connectivity index (χ4v) is 8.10. The number of fused-ring (bicyclic) bond motifs is 9. The molecule has 2 unspecified atom stereocenters. The third-order valence-electron chi connectivity index (χ3n) is 10.3. The van der Waals surface area contributed by atoms with E-state index >= 15 is 0 Å². The molecule has 2 aliphatic carbocycles. The van der Waals surface area contributed by atoms with Crippen LogP contribution in [0, 0.1) is 5.92 Å². The summed E-state index contributed by atoms with van der Waals surface area (Å²) in [6.45, 7) is 0. The minimum absolute atomic E-state index is 0.0610. The highest BCUT2D eigenvalue weighted by atomic mass is 15.3. The van der Waals surface area contributed by atoms with E-state index in [4.69, 9.17) is 0 Å². The smallest absolute Gasteiger partial charge is 0.123 e. The highest BCUT2D eigenvalue weighted by molar-refractivity contribution is 6.12. The molecule has 0 fully saturated rings. The van der Waals surface area contributed by atoms with Crippen LogP contribution in [0.2, 0.25) is 0 Å². The Kier molecular flexibility index (Phi) is 6.07. The fourth-order valence-electron chi connectivity index (χ4n) is 8.10. The molecule has 0 amide bonds. The van der Waals surface area contributed by atoms with Crippen molar-refractivity contribution in [2.45, 2.75) is 12.6 Å². The molecule has 6 aromatic rings. The first-order chi connectivity index (χ1) is 23.8. The van der Waals surface area contributed by atoms with E-state index in [2.05, 4.69) is 185 Å². The lowest BCUT2D eigenvalue weighted by atomic mass is 9.82. The van der Waals surface area contributed by atoms with E-state index < -0.39 is 0 Å². The first-order valence-corrected chi connectivity index (χ1v) is 16.8. The third kappa shape index (κ3) is 4.14. The van der Waals surface area contributed by atoms with Crippen molar-refractivity contribution < 1.29 is 0 Å². The van der Waals surface area contributed by atoms with E-state index in [-0.39, 0.29) is 6.17 Å². The molecule has 1 N–H and O–H groups in total. The van der Waals surface area contributed by atoms with Crippen molar-refractivity contribution in [1.29, 1.82) is 0 Å². The summed E-state index contributed by atoms with van der Waals surface area (Å²) in [6, 6.07) is 44.4. The summed E-state index contributed by atoms with van der Waals surface area (Å²) in [7, 11) is 0. The molecule has 48 heavy (non-hydrogen) atoms. The monoisotopic (exact) mass is 615 g/mol. The van der Waals surface area contributed by atoms with E-state index in [9.17, 15) is 0 Å². The summed E-state index contributed by atoms with van der Waals surface area (Å²) in [5.74, 6) is 0.436. The summed E-state index contributed by atoms with van der Waals surface area (Å²) >= 11 is 0. The van der Waals surface area contributed by atoms with E-state index in [1.807, 2.05) is 0 Å². The molecule has 2 atom stereocenters. The Morgan fingerprint density at radius 3 is 2.38 bits per heavy atom. The third-order valence-corrected chi connectivity index (χ3v) is 10.3. The summed E-state index contributed by atoms with van der Waals surface area (Å²) < 4.78 is 2.50. The standard InChI is InChI=1S/C45H33N3/c1-2-14-32-28-34(25-24-30(32)12-1)33-15-11-16-35(29-33)47-40-21-8-4-17-36(40)44-37-18-5-9-22-41(37)48(42-23-10-6-19-38(42)45(44)47)43-27-26-31-13-3-7-20-39(31)46-43/h1-27,29,32,43,46H,28H2. The molecule has 0 radical (unpaired) electrons. The molecular weight excluding hydrogens is 583 g/mol. The molecule has 2 aliphatic heterocycles. The molecule has 1 aromatic heterocycles. The zero-order valence-electron chi connectivity index (χ0n) is 26.4. The number of nitrogens with one attached hydrogen (secondary N) is 1. The van der Waals surface area contributed by atoms with Gasteiger partial charge >= 0.3 is 0 Å². The van der Waals surface area contributed by atoms with Gasteiger partial charge in [-0.1, -0.05) is 127 Å². The van der Waals surface area contributed by atoms with Gasteiger partial charge in [0.05, 0.1) is 22.6 Å². The number of aromatic nitrogens is 1.